The van der Waals surface area contributed by atoms with E-state index in [4.69, 9.17) is 23.2 Å². The third kappa shape index (κ3) is 4.50. The molecule has 0 amide bonds. The van der Waals surface area contributed by atoms with Gasteiger partial charge in [0.05, 0.1) is 0 Å². The summed E-state index contributed by atoms with van der Waals surface area (Å²) < 4.78 is 0. The molecule has 1 aromatic rings. The van der Waals surface area contributed by atoms with Gasteiger partial charge in [-0.2, -0.15) is 0 Å². The van der Waals surface area contributed by atoms with E-state index in [0.717, 1.165) is 24.0 Å². The second-order valence-electron chi connectivity index (χ2n) is 4.88. The largest absolute Gasteiger partial charge is 0.312 e. The van der Waals surface area contributed by atoms with E-state index in [9.17, 15) is 0 Å². The van der Waals surface area contributed by atoms with Gasteiger partial charge in [-0.1, -0.05) is 23.7 Å². The molecule has 0 aliphatic heterocycles. The van der Waals surface area contributed by atoms with E-state index >= 15 is 0 Å². The van der Waals surface area contributed by atoms with E-state index in [0.29, 0.717) is 5.38 Å². The van der Waals surface area contributed by atoms with Gasteiger partial charge in [-0.05, 0) is 55.8 Å². The molecule has 1 aromatic carbocycles. The molecule has 0 spiro atoms. The summed E-state index contributed by atoms with van der Waals surface area (Å²) in [5.41, 5.74) is 1.29. The minimum atomic E-state index is 0.419. The van der Waals surface area contributed by atoms with Gasteiger partial charge in [-0.25, -0.2) is 0 Å². The fourth-order valence-corrected chi connectivity index (χ4v) is 2.73. The Bertz CT molecular complexity index is 329. The zero-order chi connectivity index (χ0) is 12.1. The maximum Gasteiger partial charge on any atom is 0.0406 e. The van der Waals surface area contributed by atoms with Crippen LogP contribution in [0.25, 0.3) is 0 Å². The number of halogens is 2. The Morgan fingerprint density at radius 1 is 1.06 bits per heavy atom. The van der Waals surface area contributed by atoms with Gasteiger partial charge in [0.25, 0.3) is 0 Å². The molecule has 94 valence electrons. The monoisotopic (exact) mass is 271 g/mol. The molecule has 0 aromatic heterocycles. The lowest BCUT2D eigenvalue weighted by atomic mass is 9.89. The molecule has 1 aliphatic rings. The van der Waals surface area contributed by atoms with Crippen molar-refractivity contribution in [2.45, 2.75) is 37.6 Å². The van der Waals surface area contributed by atoms with E-state index in [1.807, 2.05) is 12.1 Å². The van der Waals surface area contributed by atoms with E-state index in [1.54, 1.807) is 0 Å². The highest BCUT2D eigenvalue weighted by molar-refractivity contribution is 6.30. The van der Waals surface area contributed by atoms with Gasteiger partial charge >= 0.3 is 0 Å². The van der Waals surface area contributed by atoms with Gasteiger partial charge in [0.15, 0.2) is 0 Å². The Morgan fingerprint density at radius 3 is 2.35 bits per heavy atom. The first-order valence-corrected chi connectivity index (χ1v) is 7.14. The fourth-order valence-electron chi connectivity index (χ4n) is 2.35. The summed E-state index contributed by atoms with van der Waals surface area (Å²) in [6, 6.07) is 8.03. The smallest absolute Gasteiger partial charge is 0.0406 e. The van der Waals surface area contributed by atoms with Crippen LogP contribution in [-0.4, -0.2) is 11.9 Å². The molecule has 3 heteroatoms. The Kier molecular flexibility index (Phi) is 5.15. The van der Waals surface area contributed by atoms with Crippen molar-refractivity contribution in [3.8, 4) is 0 Å². The van der Waals surface area contributed by atoms with Gasteiger partial charge < -0.3 is 5.32 Å². The van der Waals surface area contributed by atoms with Gasteiger partial charge in [0.1, 0.15) is 0 Å². The molecular weight excluding hydrogens is 253 g/mol. The molecule has 0 unspecified atom stereocenters. The molecular formula is C14H19Cl2N. The van der Waals surface area contributed by atoms with Gasteiger partial charge in [0.2, 0.25) is 0 Å². The van der Waals surface area contributed by atoms with Crippen molar-refractivity contribution in [1.82, 2.24) is 5.32 Å². The van der Waals surface area contributed by atoms with Crippen LogP contribution in [0.3, 0.4) is 0 Å². The molecule has 1 fully saturated rings. The Hall–Kier alpha value is -0.240. The van der Waals surface area contributed by atoms with Gasteiger partial charge in [-0.15, -0.1) is 11.6 Å². The highest BCUT2D eigenvalue weighted by atomic mass is 35.5. The van der Waals surface area contributed by atoms with Crippen LogP contribution < -0.4 is 5.32 Å². The minimum absolute atomic E-state index is 0.419. The third-order valence-corrected chi connectivity index (χ3v) is 4.14. The molecule has 17 heavy (non-hydrogen) atoms. The van der Waals surface area contributed by atoms with Crippen LogP contribution in [0, 0.1) is 5.92 Å². The molecule has 0 heterocycles. The van der Waals surface area contributed by atoms with Crippen LogP contribution in [-0.2, 0) is 6.54 Å². The molecule has 0 radical (unpaired) electrons. The molecule has 0 atom stereocenters. The first-order chi connectivity index (χ1) is 8.24. The average molecular weight is 272 g/mol. The molecule has 1 N–H and O–H groups in total. The summed E-state index contributed by atoms with van der Waals surface area (Å²) in [4.78, 5) is 0. The average Bonchev–Trinajstić information content (AvgIpc) is 2.34. The van der Waals surface area contributed by atoms with Crippen LogP contribution in [0.1, 0.15) is 31.2 Å². The predicted octanol–water partition coefficient (Wildman–Crippen LogP) is 4.23. The predicted molar refractivity (Wildman–Crippen MR) is 74.8 cm³/mol. The van der Waals surface area contributed by atoms with E-state index < -0.39 is 0 Å². The Balaban J connectivity index is 1.67. The highest BCUT2D eigenvalue weighted by Gasteiger charge is 2.18. The number of benzene rings is 1. The molecule has 1 aliphatic carbocycles. The number of rotatable bonds is 4. The van der Waals surface area contributed by atoms with Crippen molar-refractivity contribution in [2.24, 2.45) is 5.92 Å². The van der Waals surface area contributed by atoms with E-state index in [1.165, 1.54) is 31.2 Å². The van der Waals surface area contributed by atoms with Crippen molar-refractivity contribution in [3.63, 3.8) is 0 Å². The quantitative estimate of drug-likeness (QED) is 0.809. The molecule has 0 bridgehead atoms. The zero-order valence-corrected chi connectivity index (χ0v) is 11.5. The normalized spacial score (nSPS) is 24.8. The first-order valence-electron chi connectivity index (χ1n) is 6.33. The standard InChI is InChI=1S/C14H19Cl2N/c15-13-5-1-11(2-6-13)9-17-10-12-3-7-14(16)8-4-12/h1-2,5-6,12,14,17H,3-4,7-10H2. The Labute approximate surface area is 114 Å². The van der Waals surface area contributed by atoms with Crippen LogP contribution in [0.5, 0.6) is 0 Å². The number of nitrogens with one attached hydrogen (secondary N) is 1. The van der Waals surface area contributed by atoms with Crippen molar-refractivity contribution in [1.29, 1.82) is 0 Å². The van der Waals surface area contributed by atoms with E-state index in [2.05, 4.69) is 17.4 Å². The lowest BCUT2D eigenvalue weighted by Crippen LogP contribution is -2.26. The lowest BCUT2D eigenvalue weighted by molar-refractivity contribution is 0.345. The van der Waals surface area contributed by atoms with Crippen molar-refractivity contribution in [3.05, 3.63) is 34.9 Å². The minimum Gasteiger partial charge on any atom is -0.312 e. The highest BCUT2D eigenvalue weighted by Crippen LogP contribution is 2.27. The summed E-state index contributed by atoms with van der Waals surface area (Å²) >= 11 is 11.9. The zero-order valence-electron chi connectivity index (χ0n) is 9.96. The van der Waals surface area contributed by atoms with Crippen LogP contribution in [0.15, 0.2) is 24.3 Å². The SMILES string of the molecule is Clc1ccc(CNCC2CCC(Cl)CC2)cc1. The van der Waals surface area contributed by atoms with Crippen molar-refractivity contribution >= 4 is 23.2 Å². The molecule has 1 saturated carbocycles. The number of hydrogen-bond acceptors (Lipinski definition) is 1. The van der Waals surface area contributed by atoms with Gasteiger partial charge in [0, 0.05) is 16.9 Å². The number of hydrogen-bond donors (Lipinski definition) is 1. The van der Waals surface area contributed by atoms with Crippen molar-refractivity contribution in [2.75, 3.05) is 6.54 Å². The summed E-state index contributed by atoms with van der Waals surface area (Å²) in [6.45, 7) is 2.03. The summed E-state index contributed by atoms with van der Waals surface area (Å²) in [5.74, 6) is 0.803. The van der Waals surface area contributed by atoms with Crippen LogP contribution in [0.2, 0.25) is 5.02 Å². The fraction of sp³-hybridized carbons (Fsp3) is 0.571. The van der Waals surface area contributed by atoms with Crippen LogP contribution >= 0.6 is 23.2 Å². The summed E-state index contributed by atoms with van der Waals surface area (Å²) in [5, 5.41) is 4.74. The number of alkyl halides is 1. The lowest BCUT2D eigenvalue weighted by Gasteiger charge is -2.25. The topological polar surface area (TPSA) is 12.0 Å². The third-order valence-electron chi connectivity index (χ3n) is 3.45. The van der Waals surface area contributed by atoms with Crippen molar-refractivity contribution < 1.29 is 0 Å². The van der Waals surface area contributed by atoms with Crippen LogP contribution in [0.4, 0.5) is 0 Å². The van der Waals surface area contributed by atoms with E-state index in [-0.39, 0.29) is 0 Å². The molecule has 1 nitrogen and oxygen atoms in total. The summed E-state index contributed by atoms with van der Waals surface area (Å²) in [6.07, 6.45) is 4.88. The van der Waals surface area contributed by atoms with Gasteiger partial charge in [-0.3, -0.25) is 0 Å². The molecule has 2 rings (SSSR count). The summed E-state index contributed by atoms with van der Waals surface area (Å²) in [7, 11) is 0. The second-order valence-corrected chi connectivity index (χ2v) is 5.93. The maximum absolute atomic E-state index is 6.09. The Morgan fingerprint density at radius 2 is 1.71 bits per heavy atom. The first kappa shape index (κ1) is 13.2. The second kappa shape index (κ2) is 6.63. The molecule has 0 saturated heterocycles. The maximum atomic E-state index is 6.09.